The molecule has 3 rings (SSSR count). The van der Waals surface area contributed by atoms with E-state index in [-0.39, 0.29) is 19.0 Å². The molecule has 1 aromatic rings. The second-order valence-electron chi connectivity index (χ2n) is 5.83. The first-order valence-corrected chi connectivity index (χ1v) is 8.07. The molecule has 5 nitrogen and oxygen atoms in total. The van der Waals surface area contributed by atoms with Crippen LogP contribution in [0.1, 0.15) is 24.0 Å². The van der Waals surface area contributed by atoms with Gasteiger partial charge in [0.15, 0.2) is 5.78 Å². The maximum atomic E-state index is 12.4. The molecule has 2 heterocycles. The number of nitrogens with zero attached hydrogens (tertiary/aromatic N) is 1. The first-order valence-electron chi connectivity index (χ1n) is 7.28. The monoisotopic (exact) mass is 377 g/mol. The lowest BCUT2D eigenvalue weighted by atomic mass is 9.74. The van der Waals surface area contributed by atoms with Crippen molar-refractivity contribution in [3.05, 3.63) is 45.1 Å². The number of aliphatic carboxylic acids is 1. The summed E-state index contributed by atoms with van der Waals surface area (Å²) in [5, 5.41) is 9.68. The average Bonchev–Trinajstić information content (AvgIpc) is 2.48. The number of hydrogen-bond donors (Lipinski definition) is 1. The van der Waals surface area contributed by atoms with Gasteiger partial charge in [0.1, 0.15) is 12.5 Å². The van der Waals surface area contributed by atoms with Crippen molar-refractivity contribution in [2.75, 3.05) is 13.2 Å². The SMILES string of the molecule is CC1=NC2=C(C(=O)COC2)C(c2ccc(C)c(Br)c2)C1C(=O)O. The third-order valence-electron chi connectivity index (χ3n) is 4.31. The van der Waals surface area contributed by atoms with E-state index in [9.17, 15) is 14.7 Å². The summed E-state index contributed by atoms with van der Waals surface area (Å²) < 4.78 is 6.14. The Hall–Kier alpha value is -1.79. The molecule has 0 saturated carbocycles. The molecule has 23 heavy (non-hydrogen) atoms. The van der Waals surface area contributed by atoms with E-state index in [0.29, 0.717) is 17.0 Å². The zero-order valence-corrected chi connectivity index (χ0v) is 14.4. The quantitative estimate of drug-likeness (QED) is 0.859. The number of carboxylic acids is 1. The standard InChI is InChI=1S/C17H16BrNO4/c1-8-3-4-10(5-11(8)18)15-14(17(21)22)9(2)19-12-6-23-7-13(20)16(12)15/h3-5,14-15H,6-7H2,1-2H3,(H,21,22). The summed E-state index contributed by atoms with van der Waals surface area (Å²) in [6.45, 7) is 3.87. The minimum absolute atomic E-state index is 0.0245. The Morgan fingerprint density at radius 3 is 2.74 bits per heavy atom. The molecule has 2 aliphatic rings. The Balaban J connectivity index is 2.20. The Kier molecular flexibility index (Phi) is 4.21. The predicted molar refractivity (Wildman–Crippen MR) is 88.7 cm³/mol. The van der Waals surface area contributed by atoms with Crippen LogP contribution in [0.15, 0.2) is 38.9 Å². The second kappa shape index (κ2) is 6.02. The van der Waals surface area contributed by atoms with Gasteiger partial charge in [-0.05, 0) is 31.0 Å². The van der Waals surface area contributed by atoms with Crippen molar-refractivity contribution in [1.82, 2.24) is 0 Å². The molecule has 1 aromatic carbocycles. The van der Waals surface area contributed by atoms with Gasteiger partial charge >= 0.3 is 5.97 Å². The minimum Gasteiger partial charge on any atom is -0.481 e. The number of aryl methyl sites for hydroxylation is 1. The van der Waals surface area contributed by atoms with Crippen LogP contribution in [0.5, 0.6) is 0 Å². The summed E-state index contributed by atoms with van der Waals surface area (Å²) in [7, 11) is 0. The maximum Gasteiger partial charge on any atom is 0.313 e. The number of ketones is 1. The van der Waals surface area contributed by atoms with Crippen LogP contribution in [-0.4, -0.2) is 35.8 Å². The van der Waals surface area contributed by atoms with Crippen molar-refractivity contribution in [1.29, 1.82) is 0 Å². The number of aliphatic imine (C=N–C) groups is 1. The molecule has 6 heteroatoms. The average molecular weight is 378 g/mol. The highest BCUT2D eigenvalue weighted by atomic mass is 79.9. The molecule has 0 radical (unpaired) electrons. The van der Waals surface area contributed by atoms with Crippen molar-refractivity contribution in [3.63, 3.8) is 0 Å². The molecule has 0 fully saturated rings. The van der Waals surface area contributed by atoms with Gasteiger partial charge in [0, 0.05) is 21.7 Å². The first-order chi connectivity index (χ1) is 10.9. The molecule has 0 aromatic heterocycles. The Bertz CT molecular complexity index is 766. The topological polar surface area (TPSA) is 76.0 Å². The zero-order chi connectivity index (χ0) is 16.7. The fraction of sp³-hybridized carbons (Fsp3) is 0.353. The number of ether oxygens (including phenoxy) is 1. The number of benzene rings is 1. The molecule has 1 N–H and O–H groups in total. The van der Waals surface area contributed by atoms with Crippen LogP contribution in [0, 0.1) is 12.8 Å². The Morgan fingerprint density at radius 2 is 2.09 bits per heavy atom. The van der Waals surface area contributed by atoms with E-state index in [2.05, 4.69) is 20.9 Å². The van der Waals surface area contributed by atoms with Crippen molar-refractivity contribution in [3.8, 4) is 0 Å². The summed E-state index contributed by atoms with van der Waals surface area (Å²) in [5.74, 6) is -2.53. The van der Waals surface area contributed by atoms with Crippen LogP contribution < -0.4 is 0 Å². The highest BCUT2D eigenvalue weighted by Gasteiger charge is 2.42. The van der Waals surface area contributed by atoms with Crippen LogP contribution in [0.3, 0.4) is 0 Å². The summed E-state index contributed by atoms with van der Waals surface area (Å²) in [5.41, 5.74) is 3.38. The highest BCUT2D eigenvalue weighted by Crippen LogP contribution is 2.41. The van der Waals surface area contributed by atoms with Gasteiger partial charge in [-0.25, -0.2) is 0 Å². The van der Waals surface area contributed by atoms with Crippen molar-refractivity contribution >= 4 is 33.4 Å². The molecule has 2 unspecified atom stereocenters. The Labute approximate surface area is 142 Å². The molecular formula is C17H16BrNO4. The summed E-state index contributed by atoms with van der Waals surface area (Å²) >= 11 is 3.48. The van der Waals surface area contributed by atoms with Gasteiger partial charge in [-0.15, -0.1) is 0 Å². The number of halogens is 1. The molecule has 0 spiro atoms. The Morgan fingerprint density at radius 1 is 1.35 bits per heavy atom. The molecule has 0 bridgehead atoms. The maximum absolute atomic E-state index is 12.4. The fourth-order valence-electron chi connectivity index (χ4n) is 3.18. The lowest BCUT2D eigenvalue weighted by Gasteiger charge is -2.33. The van der Waals surface area contributed by atoms with Crippen LogP contribution in [0.4, 0.5) is 0 Å². The van der Waals surface area contributed by atoms with Gasteiger partial charge in [-0.1, -0.05) is 28.1 Å². The van der Waals surface area contributed by atoms with Crippen molar-refractivity contribution in [2.24, 2.45) is 10.9 Å². The molecule has 2 aliphatic heterocycles. The van der Waals surface area contributed by atoms with E-state index < -0.39 is 17.8 Å². The third-order valence-corrected chi connectivity index (χ3v) is 5.16. The molecule has 0 amide bonds. The second-order valence-corrected chi connectivity index (χ2v) is 6.69. The first kappa shape index (κ1) is 16.1. The predicted octanol–water partition coefficient (Wildman–Crippen LogP) is 2.87. The van der Waals surface area contributed by atoms with Gasteiger partial charge in [-0.2, -0.15) is 0 Å². The summed E-state index contributed by atoms with van der Waals surface area (Å²) in [6.07, 6.45) is 0. The van der Waals surface area contributed by atoms with E-state index >= 15 is 0 Å². The summed E-state index contributed by atoms with van der Waals surface area (Å²) in [4.78, 5) is 28.5. The van der Waals surface area contributed by atoms with Gasteiger partial charge < -0.3 is 9.84 Å². The van der Waals surface area contributed by atoms with Crippen LogP contribution in [-0.2, 0) is 14.3 Å². The van der Waals surface area contributed by atoms with E-state index in [1.807, 2.05) is 25.1 Å². The van der Waals surface area contributed by atoms with Crippen molar-refractivity contribution in [2.45, 2.75) is 19.8 Å². The van der Waals surface area contributed by atoms with Crippen molar-refractivity contribution < 1.29 is 19.4 Å². The third kappa shape index (κ3) is 2.77. The molecular weight excluding hydrogens is 362 g/mol. The van der Waals surface area contributed by atoms with E-state index in [1.54, 1.807) is 6.92 Å². The molecule has 2 atom stereocenters. The van der Waals surface area contributed by atoms with Gasteiger partial charge in [-0.3, -0.25) is 14.6 Å². The molecule has 120 valence electrons. The van der Waals surface area contributed by atoms with Crippen LogP contribution in [0.2, 0.25) is 0 Å². The van der Waals surface area contributed by atoms with Crippen LogP contribution in [0.25, 0.3) is 0 Å². The number of carboxylic acid groups (broad SMARTS) is 1. The number of carbonyl (C=O) groups is 2. The van der Waals surface area contributed by atoms with E-state index in [1.165, 1.54) is 0 Å². The van der Waals surface area contributed by atoms with Gasteiger partial charge in [0.25, 0.3) is 0 Å². The molecule has 0 saturated heterocycles. The lowest BCUT2D eigenvalue weighted by molar-refractivity contribution is -0.139. The normalized spacial score (nSPS) is 24.3. The minimum atomic E-state index is -0.973. The van der Waals surface area contributed by atoms with E-state index in [0.717, 1.165) is 15.6 Å². The largest absolute Gasteiger partial charge is 0.481 e. The summed E-state index contributed by atoms with van der Waals surface area (Å²) in [6, 6.07) is 5.69. The number of carbonyl (C=O) groups excluding carboxylic acids is 1. The molecule has 0 aliphatic carbocycles. The van der Waals surface area contributed by atoms with E-state index in [4.69, 9.17) is 4.74 Å². The highest BCUT2D eigenvalue weighted by molar-refractivity contribution is 9.10. The lowest BCUT2D eigenvalue weighted by Crippen LogP contribution is -2.38. The number of hydrogen-bond acceptors (Lipinski definition) is 4. The van der Waals surface area contributed by atoms with Gasteiger partial charge in [0.2, 0.25) is 0 Å². The smallest absolute Gasteiger partial charge is 0.313 e. The van der Waals surface area contributed by atoms with Gasteiger partial charge in [0.05, 0.1) is 12.3 Å². The number of rotatable bonds is 2. The van der Waals surface area contributed by atoms with Crippen LogP contribution >= 0.6 is 15.9 Å². The fourth-order valence-corrected chi connectivity index (χ4v) is 3.57. The zero-order valence-electron chi connectivity index (χ0n) is 12.8. The number of Topliss-reactive ketones (excluding diaryl/α,β-unsaturated/α-hetero) is 1.